The van der Waals surface area contributed by atoms with Crippen molar-refractivity contribution in [1.29, 1.82) is 0 Å². The van der Waals surface area contributed by atoms with Gasteiger partial charge >= 0.3 is 0 Å². The topological polar surface area (TPSA) is 19.4 Å². The van der Waals surface area contributed by atoms with Crippen LogP contribution in [0.25, 0.3) is 10.9 Å². The Balaban J connectivity index is 1.42. The van der Waals surface area contributed by atoms with Crippen LogP contribution in [0.2, 0.25) is 0 Å². The van der Waals surface area contributed by atoms with Crippen LogP contribution in [-0.4, -0.2) is 36.1 Å². The van der Waals surface area contributed by atoms with Gasteiger partial charge in [0.15, 0.2) is 0 Å². The van der Waals surface area contributed by atoms with Gasteiger partial charge in [0.1, 0.15) is 0 Å². The molecule has 3 heteroatoms. The normalized spacial score (nSPS) is 15.9. The van der Waals surface area contributed by atoms with Crippen LogP contribution in [0.3, 0.4) is 0 Å². The Kier molecular flexibility index (Phi) is 3.95. The Hall–Kier alpha value is -2.39. The molecule has 0 bridgehead atoms. The average Bonchev–Trinajstić information content (AvgIpc) is 2.63. The first-order valence-corrected chi connectivity index (χ1v) is 8.24. The van der Waals surface area contributed by atoms with Gasteiger partial charge in [-0.15, -0.1) is 0 Å². The highest BCUT2D eigenvalue weighted by Gasteiger charge is 2.17. The Morgan fingerprint density at radius 2 is 1.65 bits per heavy atom. The Morgan fingerprint density at radius 3 is 2.48 bits per heavy atom. The first-order valence-electron chi connectivity index (χ1n) is 8.24. The lowest BCUT2D eigenvalue weighted by Crippen LogP contribution is -2.45. The van der Waals surface area contributed by atoms with Crippen molar-refractivity contribution in [2.45, 2.75) is 6.54 Å². The first kappa shape index (κ1) is 14.2. The molecule has 3 aromatic rings. The van der Waals surface area contributed by atoms with Gasteiger partial charge in [0.05, 0.1) is 5.52 Å². The van der Waals surface area contributed by atoms with Crippen LogP contribution < -0.4 is 4.90 Å². The van der Waals surface area contributed by atoms with Crippen molar-refractivity contribution in [3.63, 3.8) is 0 Å². The number of aromatic nitrogens is 1. The van der Waals surface area contributed by atoms with Crippen LogP contribution in [0.1, 0.15) is 5.56 Å². The van der Waals surface area contributed by atoms with E-state index in [0.29, 0.717) is 0 Å². The molecule has 2 heterocycles. The molecule has 0 aliphatic carbocycles. The third-order valence-electron chi connectivity index (χ3n) is 4.58. The highest BCUT2D eigenvalue weighted by atomic mass is 15.3. The second-order valence-corrected chi connectivity index (χ2v) is 6.13. The Labute approximate surface area is 137 Å². The molecule has 1 fully saturated rings. The summed E-state index contributed by atoms with van der Waals surface area (Å²) in [5.74, 6) is 0. The lowest BCUT2D eigenvalue weighted by atomic mass is 10.1. The van der Waals surface area contributed by atoms with Gasteiger partial charge in [-0.25, -0.2) is 0 Å². The third kappa shape index (κ3) is 3.20. The molecular formula is C20H21N3. The van der Waals surface area contributed by atoms with E-state index in [1.165, 1.54) is 16.6 Å². The summed E-state index contributed by atoms with van der Waals surface area (Å²) in [6, 6.07) is 21.4. The molecule has 1 saturated heterocycles. The van der Waals surface area contributed by atoms with Gasteiger partial charge in [-0.1, -0.05) is 42.5 Å². The fourth-order valence-electron chi connectivity index (χ4n) is 3.26. The molecule has 0 atom stereocenters. The molecule has 0 saturated carbocycles. The van der Waals surface area contributed by atoms with Crippen LogP contribution in [0.4, 0.5) is 5.69 Å². The average molecular weight is 303 g/mol. The number of nitrogens with zero attached hydrogens (tertiary/aromatic N) is 3. The van der Waals surface area contributed by atoms with Gasteiger partial charge in [0.25, 0.3) is 0 Å². The van der Waals surface area contributed by atoms with E-state index in [0.717, 1.165) is 38.2 Å². The molecular weight excluding hydrogens is 282 g/mol. The van der Waals surface area contributed by atoms with Crippen molar-refractivity contribution in [3.8, 4) is 0 Å². The molecule has 1 aromatic heterocycles. The van der Waals surface area contributed by atoms with Crippen molar-refractivity contribution in [2.24, 2.45) is 0 Å². The second-order valence-electron chi connectivity index (χ2n) is 6.13. The lowest BCUT2D eigenvalue weighted by Gasteiger charge is -2.36. The molecule has 0 unspecified atom stereocenters. The third-order valence-corrected chi connectivity index (χ3v) is 4.58. The van der Waals surface area contributed by atoms with Crippen LogP contribution in [0, 0.1) is 0 Å². The lowest BCUT2D eigenvalue weighted by molar-refractivity contribution is 0.250. The van der Waals surface area contributed by atoms with Crippen molar-refractivity contribution < 1.29 is 0 Å². The van der Waals surface area contributed by atoms with E-state index in [4.69, 9.17) is 0 Å². The Morgan fingerprint density at radius 1 is 0.826 bits per heavy atom. The second kappa shape index (κ2) is 6.39. The van der Waals surface area contributed by atoms with E-state index in [-0.39, 0.29) is 0 Å². The van der Waals surface area contributed by atoms with Crippen LogP contribution in [0.15, 0.2) is 66.9 Å². The predicted octanol–water partition coefficient (Wildman–Crippen LogP) is 3.56. The SMILES string of the molecule is c1ccc(CN2CCN(c3ccc4cccnc4c3)CC2)cc1. The van der Waals surface area contributed by atoms with Gasteiger partial charge in [-0.2, -0.15) is 0 Å². The van der Waals surface area contributed by atoms with E-state index in [9.17, 15) is 0 Å². The number of fused-ring (bicyclic) bond motifs is 1. The van der Waals surface area contributed by atoms with Gasteiger partial charge in [-0.05, 0) is 23.8 Å². The fraction of sp³-hybridized carbons (Fsp3) is 0.250. The monoisotopic (exact) mass is 303 g/mol. The molecule has 0 radical (unpaired) electrons. The number of anilines is 1. The molecule has 1 aliphatic heterocycles. The van der Waals surface area contributed by atoms with E-state index in [2.05, 4.69) is 69.4 Å². The summed E-state index contributed by atoms with van der Waals surface area (Å²) >= 11 is 0. The first-order chi connectivity index (χ1) is 11.4. The number of piperazine rings is 1. The molecule has 0 N–H and O–H groups in total. The number of rotatable bonds is 3. The molecule has 2 aromatic carbocycles. The maximum absolute atomic E-state index is 4.47. The smallest absolute Gasteiger partial charge is 0.0722 e. The van der Waals surface area contributed by atoms with Crippen molar-refractivity contribution in [3.05, 3.63) is 72.4 Å². The summed E-state index contributed by atoms with van der Waals surface area (Å²) in [6.45, 7) is 5.41. The molecule has 116 valence electrons. The number of pyridine rings is 1. The summed E-state index contributed by atoms with van der Waals surface area (Å²) in [6.07, 6.45) is 1.86. The van der Waals surface area contributed by atoms with Gasteiger partial charge in [-0.3, -0.25) is 9.88 Å². The highest BCUT2D eigenvalue weighted by molar-refractivity contribution is 5.82. The fourth-order valence-corrected chi connectivity index (χ4v) is 3.26. The number of hydrogen-bond acceptors (Lipinski definition) is 3. The maximum Gasteiger partial charge on any atom is 0.0722 e. The van der Waals surface area contributed by atoms with Crippen molar-refractivity contribution in [1.82, 2.24) is 9.88 Å². The minimum absolute atomic E-state index is 1.05. The summed E-state index contributed by atoms with van der Waals surface area (Å²) in [5.41, 5.74) is 3.77. The zero-order chi connectivity index (χ0) is 15.5. The van der Waals surface area contributed by atoms with Crippen LogP contribution >= 0.6 is 0 Å². The zero-order valence-corrected chi connectivity index (χ0v) is 13.2. The predicted molar refractivity (Wildman–Crippen MR) is 95.7 cm³/mol. The minimum Gasteiger partial charge on any atom is -0.369 e. The quantitative estimate of drug-likeness (QED) is 0.737. The molecule has 0 spiro atoms. The number of hydrogen-bond donors (Lipinski definition) is 0. The molecule has 3 nitrogen and oxygen atoms in total. The molecule has 1 aliphatic rings. The molecule has 4 rings (SSSR count). The van der Waals surface area contributed by atoms with Crippen LogP contribution in [0.5, 0.6) is 0 Å². The standard InChI is InChI=1S/C20H21N3/c1-2-5-17(6-3-1)16-22-11-13-23(14-12-22)19-9-8-18-7-4-10-21-20(18)15-19/h1-10,15H,11-14,16H2. The largest absolute Gasteiger partial charge is 0.369 e. The molecule has 0 amide bonds. The molecule has 23 heavy (non-hydrogen) atoms. The van der Waals surface area contributed by atoms with Crippen molar-refractivity contribution >= 4 is 16.6 Å². The highest BCUT2D eigenvalue weighted by Crippen LogP contribution is 2.22. The van der Waals surface area contributed by atoms with E-state index < -0.39 is 0 Å². The van der Waals surface area contributed by atoms with E-state index in [1.807, 2.05) is 12.3 Å². The number of benzene rings is 2. The van der Waals surface area contributed by atoms with Crippen LogP contribution in [-0.2, 0) is 6.54 Å². The van der Waals surface area contributed by atoms with Gasteiger partial charge < -0.3 is 4.90 Å². The summed E-state index contributed by atoms with van der Waals surface area (Å²) < 4.78 is 0. The van der Waals surface area contributed by atoms with E-state index in [1.54, 1.807) is 0 Å². The zero-order valence-electron chi connectivity index (χ0n) is 13.2. The van der Waals surface area contributed by atoms with E-state index >= 15 is 0 Å². The van der Waals surface area contributed by atoms with Crippen molar-refractivity contribution in [2.75, 3.05) is 31.1 Å². The Bertz CT molecular complexity index is 777. The maximum atomic E-state index is 4.47. The summed E-state index contributed by atoms with van der Waals surface area (Å²) in [5, 5.41) is 1.21. The minimum atomic E-state index is 1.05. The summed E-state index contributed by atoms with van der Waals surface area (Å²) in [7, 11) is 0. The summed E-state index contributed by atoms with van der Waals surface area (Å²) in [4.78, 5) is 9.47. The van der Waals surface area contributed by atoms with Gasteiger partial charge in [0.2, 0.25) is 0 Å². The van der Waals surface area contributed by atoms with Gasteiger partial charge in [0, 0.05) is 50.0 Å².